The van der Waals surface area contributed by atoms with Gasteiger partial charge in [-0.3, -0.25) is 9.36 Å². The number of aromatic nitrogens is 4. The second kappa shape index (κ2) is 9.37. The minimum absolute atomic E-state index is 0.809. The van der Waals surface area contributed by atoms with Crippen molar-refractivity contribution in [1.82, 2.24) is 19.6 Å². The fourth-order valence-corrected chi connectivity index (χ4v) is 4.37. The molecule has 180 valence electrons. The maximum absolute atomic E-state index is 6.13. The highest BCUT2D eigenvalue weighted by molar-refractivity contribution is 5.79. The van der Waals surface area contributed by atoms with Crippen LogP contribution in [0.3, 0.4) is 0 Å². The summed E-state index contributed by atoms with van der Waals surface area (Å²) in [5.74, 6) is 0. The third-order valence-electron chi connectivity index (χ3n) is 6.88. The van der Waals surface area contributed by atoms with E-state index in [1.54, 1.807) is 0 Å². The van der Waals surface area contributed by atoms with E-state index in [9.17, 15) is 0 Å². The van der Waals surface area contributed by atoms with Crippen LogP contribution in [-0.2, 0) is 14.1 Å². The molecule has 0 aliphatic heterocycles. The minimum atomic E-state index is 0.809. The topological polar surface area (TPSA) is 87.7 Å². The smallest absolute Gasteiger partial charge is 0.0978 e. The van der Waals surface area contributed by atoms with E-state index < -0.39 is 0 Å². The molecule has 6 nitrogen and oxygen atoms in total. The van der Waals surface area contributed by atoms with Crippen molar-refractivity contribution in [3.63, 3.8) is 0 Å². The van der Waals surface area contributed by atoms with Gasteiger partial charge in [-0.2, -0.15) is 10.2 Å². The number of aryl methyl sites for hydroxylation is 6. The average Bonchev–Trinajstić information content (AvgIpc) is 3.15. The third kappa shape index (κ3) is 4.58. The summed E-state index contributed by atoms with van der Waals surface area (Å²) in [6.45, 7) is 16.6. The van der Waals surface area contributed by atoms with Crippen molar-refractivity contribution < 1.29 is 0 Å². The molecule has 0 amide bonds. The molecule has 0 fully saturated rings. The third-order valence-corrected chi connectivity index (χ3v) is 6.88. The number of hydrogen-bond donors (Lipinski definition) is 2. The fourth-order valence-electron chi connectivity index (χ4n) is 4.37. The highest BCUT2D eigenvalue weighted by Gasteiger charge is 2.16. The zero-order chi connectivity index (χ0) is 25.5. The molecule has 4 N–H and O–H groups in total. The van der Waals surface area contributed by atoms with Crippen molar-refractivity contribution in [3.05, 3.63) is 69.0 Å². The van der Waals surface area contributed by atoms with Crippen LogP contribution in [0.1, 0.15) is 44.8 Å². The number of nitrogens with two attached hydrogens (primary N) is 2. The first-order chi connectivity index (χ1) is 15.8. The van der Waals surface area contributed by atoms with Gasteiger partial charge in [0.05, 0.1) is 11.4 Å². The number of nitrogens with zero attached hydrogens (tertiary/aromatic N) is 4. The van der Waals surface area contributed by atoms with Gasteiger partial charge in [0, 0.05) is 48.0 Å². The van der Waals surface area contributed by atoms with Crippen molar-refractivity contribution >= 4 is 11.4 Å². The molecule has 2 aromatic heterocycles. The van der Waals surface area contributed by atoms with Crippen molar-refractivity contribution in [3.8, 4) is 22.5 Å². The standard InChI is InChI=1S/2C14H19N3/c1-8-6-9(2)13(15)7-12(8)14-10(3)11(4)17(5)16-14;1-8-6-9(2)13(12(15)7-8)14-10(3)11(4)17(5)16-14/h2*6-7H,15H2,1-5H3. The van der Waals surface area contributed by atoms with Crippen LogP contribution in [-0.4, -0.2) is 19.6 Å². The van der Waals surface area contributed by atoms with Crippen LogP contribution in [0.4, 0.5) is 11.4 Å². The highest BCUT2D eigenvalue weighted by Crippen LogP contribution is 2.33. The molecule has 2 aromatic carbocycles. The molecular formula is C28H38N6. The van der Waals surface area contributed by atoms with Crippen LogP contribution < -0.4 is 11.5 Å². The quantitative estimate of drug-likeness (QED) is 0.371. The van der Waals surface area contributed by atoms with Gasteiger partial charge in [-0.25, -0.2) is 0 Å². The van der Waals surface area contributed by atoms with Crippen LogP contribution in [0, 0.1) is 55.4 Å². The van der Waals surface area contributed by atoms with Gasteiger partial charge in [-0.05, 0) is 101 Å². The van der Waals surface area contributed by atoms with E-state index in [2.05, 4.69) is 70.8 Å². The van der Waals surface area contributed by atoms with E-state index in [0.29, 0.717) is 0 Å². The van der Waals surface area contributed by atoms with Crippen LogP contribution in [0.5, 0.6) is 0 Å². The molecular weight excluding hydrogens is 420 g/mol. The molecule has 0 spiro atoms. The van der Waals surface area contributed by atoms with Gasteiger partial charge in [0.15, 0.2) is 0 Å². The van der Waals surface area contributed by atoms with E-state index in [1.165, 1.54) is 39.2 Å². The van der Waals surface area contributed by atoms with E-state index in [1.807, 2.05) is 42.5 Å². The Bertz CT molecular complexity index is 1350. The lowest BCUT2D eigenvalue weighted by molar-refractivity contribution is 0.741. The van der Waals surface area contributed by atoms with Crippen LogP contribution in [0.2, 0.25) is 0 Å². The second-order valence-corrected chi connectivity index (χ2v) is 9.44. The predicted molar refractivity (Wildman–Crippen MR) is 144 cm³/mol. The molecule has 0 aliphatic carbocycles. The molecule has 0 atom stereocenters. The summed E-state index contributed by atoms with van der Waals surface area (Å²) in [4.78, 5) is 0. The number of nitrogen functional groups attached to an aromatic ring is 2. The SMILES string of the molecule is Cc1cc(C)c(-c2nn(C)c(C)c2C)c(N)c1.Cc1cc(C)c(-c2nn(C)c(C)c2C)cc1N. The molecule has 4 aromatic rings. The molecule has 2 heterocycles. The molecule has 0 unspecified atom stereocenters. The van der Waals surface area contributed by atoms with Crippen LogP contribution in [0.15, 0.2) is 24.3 Å². The van der Waals surface area contributed by atoms with E-state index in [-0.39, 0.29) is 0 Å². The molecule has 0 radical (unpaired) electrons. The van der Waals surface area contributed by atoms with Gasteiger partial charge in [0.25, 0.3) is 0 Å². The maximum atomic E-state index is 6.13. The number of anilines is 2. The molecule has 0 saturated carbocycles. The Hall–Kier alpha value is -3.54. The minimum Gasteiger partial charge on any atom is -0.398 e. The summed E-state index contributed by atoms with van der Waals surface area (Å²) in [6.07, 6.45) is 0. The van der Waals surface area contributed by atoms with Gasteiger partial charge in [-0.1, -0.05) is 12.1 Å². The molecule has 34 heavy (non-hydrogen) atoms. The zero-order valence-electron chi connectivity index (χ0n) is 22.3. The van der Waals surface area contributed by atoms with Crippen molar-refractivity contribution in [1.29, 1.82) is 0 Å². The van der Waals surface area contributed by atoms with Crippen LogP contribution >= 0.6 is 0 Å². The molecule has 0 saturated heterocycles. The molecule has 0 aliphatic rings. The first-order valence-corrected chi connectivity index (χ1v) is 11.6. The second-order valence-electron chi connectivity index (χ2n) is 9.44. The van der Waals surface area contributed by atoms with Gasteiger partial charge in [0.2, 0.25) is 0 Å². The monoisotopic (exact) mass is 458 g/mol. The lowest BCUT2D eigenvalue weighted by atomic mass is 9.98. The highest BCUT2D eigenvalue weighted by atomic mass is 15.3. The van der Waals surface area contributed by atoms with E-state index >= 15 is 0 Å². The van der Waals surface area contributed by atoms with Crippen LogP contribution in [0.25, 0.3) is 22.5 Å². The van der Waals surface area contributed by atoms with Gasteiger partial charge in [0.1, 0.15) is 0 Å². The Morgan fingerprint density at radius 3 is 1.59 bits per heavy atom. The van der Waals surface area contributed by atoms with Crippen molar-refractivity contribution in [2.75, 3.05) is 11.5 Å². The Morgan fingerprint density at radius 2 is 1.12 bits per heavy atom. The lowest BCUT2D eigenvalue weighted by Crippen LogP contribution is -1.97. The number of rotatable bonds is 2. The average molecular weight is 459 g/mol. The Balaban J connectivity index is 0.000000191. The van der Waals surface area contributed by atoms with Gasteiger partial charge in [-0.15, -0.1) is 0 Å². The largest absolute Gasteiger partial charge is 0.398 e. The summed E-state index contributed by atoms with van der Waals surface area (Å²) < 4.78 is 3.82. The first-order valence-electron chi connectivity index (χ1n) is 11.6. The maximum Gasteiger partial charge on any atom is 0.0978 e. The number of benzene rings is 2. The normalized spacial score (nSPS) is 10.9. The lowest BCUT2D eigenvalue weighted by Gasteiger charge is -2.09. The number of hydrogen-bond acceptors (Lipinski definition) is 4. The van der Waals surface area contributed by atoms with Gasteiger partial charge >= 0.3 is 0 Å². The molecule has 4 rings (SSSR count). The van der Waals surface area contributed by atoms with E-state index in [4.69, 9.17) is 11.5 Å². The Morgan fingerprint density at radius 1 is 0.588 bits per heavy atom. The summed E-state index contributed by atoms with van der Waals surface area (Å²) in [5.41, 5.74) is 27.5. The Labute approximate surface area is 203 Å². The summed E-state index contributed by atoms with van der Waals surface area (Å²) in [6, 6.07) is 8.30. The summed E-state index contributed by atoms with van der Waals surface area (Å²) in [5, 5.41) is 9.14. The molecule has 6 heteroatoms. The van der Waals surface area contributed by atoms with Crippen molar-refractivity contribution in [2.45, 2.75) is 55.4 Å². The van der Waals surface area contributed by atoms with Gasteiger partial charge < -0.3 is 11.5 Å². The summed E-state index contributed by atoms with van der Waals surface area (Å²) in [7, 11) is 3.93. The predicted octanol–water partition coefficient (Wildman–Crippen LogP) is 5.81. The first kappa shape index (κ1) is 25.1. The zero-order valence-corrected chi connectivity index (χ0v) is 22.3. The molecule has 0 bridgehead atoms. The van der Waals surface area contributed by atoms with E-state index in [0.717, 1.165) is 39.5 Å². The van der Waals surface area contributed by atoms with Crippen molar-refractivity contribution in [2.24, 2.45) is 14.1 Å². The summed E-state index contributed by atoms with van der Waals surface area (Å²) >= 11 is 0. The fraction of sp³-hybridized carbons (Fsp3) is 0.357. The Kier molecular flexibility index (Phi) is 6.92.